The Morgan fingerprint density at radius 2 is 2.12 bits per heavy atom. The Kier molecular flexibility index (Phi) is 4.17. The SMILES string of the molecule is O=C(OCc1nc(-c2ccsc2)no1)c1ccc2nc(Cl)ccc2c1. The molecule has 0 aliphatic carbocycles. The van der Waals surface area contributed by atoms with Crippen molar-refractivity contribution in [3.05, 3.63) is 63.8 Å². The van der Waals surface area contributed by atoms with Gasteiger partial charge in [0.25, 0.3) is 5.89 Å². The minimum atomic E-state index is -0.480. The largest absolute Gasteiger partial charge is 0.452 e. The van der Waals surface area contributed by atoms with E-state index in [-0.39, 0.29) is 12.5 Å². The van der Waals surface area contributed by atoms with Crippen LogP contribution in [-0.2, 0) is 11.3 Å². The standard InChI is InChI=1S/C17H10ClN3O3S/c18-14-4-2-10-7-11(1-3-13(10)19-14)17(22)23-8-15-20-16(21-24-15)12-5-6-25-9-12/h1-7,9H,8H2. The molecule has 0 bridgehead atoms. The summed E-state index contributed by atoms with van der Waals surface area (Å²) in [6.45, 7) is -0.0904. The van der Waals surface area contributed by atoms with E-state index in [4.69, 9.17) is 20.9 Å². The number of esters is 1. The number of carbonyl (C=O) groups excluding carboxylic acids is 1. The van der Waals surface area contributed by atoms with Crippen LogP contribution in [0.15, 0.2) is 51.7 Å². The second-order valence-electron chi connectivity index (χ2n) is 5.14. The molecule has 124 valence electrons. The molecule has 3 aromatic heterocycles. The zero-order chi connectivity index (χ0) is 17.2. The van der Waals surface area contributed by atoms with Crippen molar-refractivity contribution in [3.8, 4) is 11.4 Å². The van der Waals surface area contributed by atoms with Gasteiger partial charge in [-0.2, -0.15) is 16.3 Å². The highest BCUT2D eigenvalue weighted by molar-refractivity contribution is 7.08. The molecule has 1 aromatic carbocycles. The first-order valence-corrected chi connectivity index (χ1v) is 8.60. The number of ether oxygens (including phenoxy) is 1. The average Bonchev–Trinajstić information content (AvgIpc) is 3.30. The third-order valence-electron chi connectivity index (χ3n) is 3.47. The van der Waals surface area contributed by atoms with Gasteiger partial charge in [0.15, 0.2) is 6.61 Å². The number of hydrogen-bond acceptors (Lipinski definition) is 7. The van der Waals surface area contributed by atoms with Gasteiger partial charge in [0.2, 0.25) is 5.82 Å². The first-order chi connectivity index (χ1) is 12.2. The smallest absolute Gasteiger partial charge is 0.338 e. The van der Waals surface area contributed by atoms with Crippen LogP contribution in [-0.4, -0.2) is 21.1 Å². The van der Waals surface area contributed by atoms with E-state index >= 15 is 0 Å². The van der Waals surface area contributed by atoms with Crippen molar-refractivity contribution in [1.82, 2.24) is 15.1 Å². The van der Waals surface area contributed by atoms with Gasteiger partial charge in [-0.3, -0.25) is 0 Å². The van der Waals surface area contributed by atoms with Gasteiger partial charge in [0.1, 0.15) is 5.15 Å². The minimum Gasteiger partial charge on any atom is -0.452 e. The molecule has 0 unspecified atom stereocenters. The summed E-state index contributed by atoms with van der Waals surface area (Å²) in [5, 5.41) is 8.91. The highest BCUT2D eigenvalue weighted by Gasteiger charge is 2.13. The lowest BCUT2D eigenvalue weighted by molar-refractivity contribution is 0.0430. The van der Waals surface area contributed by atoms with Crippen molar-refractivity contribution >= 4 is 39.8 Å². The van der Waals surface area contributed by atoms with E-state index in [9.17, 15) is 4.79 Å². The van der Waals surface area contributed by atoms with Crippen LogP contribution >= 0.6 is 22.9 Å². The molecule has 0 radical (unpaired) electrons. The number of benzene rings is 1. The maximum Gasteiger partial charge on any atom is 0.338 e. The summed E-state index contributed by atoms with van der Waals surface area (Å²) in [6, 6.07) is 10.4. The molecule has 0 aliphatic rings. The second-order valence-corrected chi connectivity index (χ2v) is 6.31. The average molecular weight is 372 g/mol. The fraction of sp³-hybridized carbons (Fsp3) is 0.0588. The van der Waals surface area contributed by atoms with Gasteiger partial charge in [0.05, 0.1) is 11.1 Å². The normalized spacial score (nSPS) is 10.9. The maximum atomic E-state index is 12.2. The van der Waals surface area contributed by atoms with Crippen molar-refractivity contribution in [1.29, 1.82) is 0 Å². The number of fused-ring (bicyclic) bond motifs is 1. The molecular formula is C17H10ClN3O3S. The van der Waals surface area contributed by atoms with E-state index < -0.39 is 5.97 Å². The molecule has 0 spiro atoms. The van der Waals surface area contributed by atoms with Gasteiger partial charge in [-0.1, -0.05) is 16.8 Å². The number of aromatic nitrogens is 3. The molecule has 6 nitrogen and oxygen atoms in total. The Morgan fingerprint density at radius 1 is 1.20 bits per heavy atom. The van der Waals surface area contributed by atoms with E-state index in [0.717, 1.165) is 10.9 Å². The van der Waals surface area contributed by atoms with Crippen molar-refractivity contribution in [2.75, 3.05) is 0 Å². The van der Waals surface area contributed by atoms with Gasteiger partial charge in [-0.15, -0.1) is 0 Å². The molecule has 4 aromatic rings. The third-order valence-corrected chi connectivity index (χ3v) is 4.36. The first kappa shape index (κ1) is 15.7. The molecular weight excluding hydrogens is 362 g/mol. The molecule has 25 heavy (non-hydrogen) atoms. The monoisotopic (exact) mass is 371 g/mol. The van der Waals surface area contributed by atoms with Gasteiger partial charge < -0.3 is 9.26 Å². The topological polar surface area (TPSA) is 78.1 Å². The Morgan fingerprint density at radius 3 is 2.96 bits per heavy atom. The molecule has 8 heteroatoms. The van der Waals surface area contributed by atoms with Gasteiger partial charge in [-0.05, 0) is 41.8 Å². The van der Waals surface area contributed by atoms with Crippen LogP contribution in [0, 0.1) is 0 Å². The van der Waals surface area contributed by atoms with Crippen molar-refractivity contribution in [3.63, 3.8) is 0 Å². The zero-order valence-electron chi connectivity index (χ0n) is 12.7. The number of pyridine rings is 1. The van der Waals surface area contributed by atoms with Gasteiger partial charge in [0, 0.05) is 16.3 Å². The van der Waals surface area contributed by atoms with E-state index in [0.29, 0.717) is 22.1 Å². The Labute approximate surface area is 151 Å². The fourth-order valence-electron chi connectivity index (χ4n) is 2.26. The number of halogens is 1. The summed E-state index contributed by atoms with van der Waals surface area (Å²) in [5.41, 5.74) is 1.99. The molecule has 0 atom stereocenters. The second kappa shape index (κ2) is 6.62. The first-order valence-electron chi connectivity index (χ1n) is 7.27. The quantitative estimate of drug-likeness (QED) is 0.392. The summed E-state index contributed by atoms with van der Waals surface area (Å²) in [6.07, 6.45) is 0. The third kappa shape index (κ3) is 3.38. The Balaban J connectivity index is 1.46. The Bertz CT molecular complexity index is 1050. The highest BCUT2D eigenvalue weighted by atomic mass is 35.5. The minimum absolute atomic E-state index is 0.0904. The van der Waals surface area contributed by atoms with Crippen LogP contribution in [0.4, 0.5) is 0 Å². The van der Waals surface area contributed by atoms with Gasteiger partial charge in [-0.25, -0.2) is 9.78 Å². The number of rotatable bonds is 4. The zero-order valence-corrected chi connectivity index (χ0v) is 14.3. The Hall–Kier alpha value is -2.77. The molecule has 3 heterocycles. The van der Waals surface area contributed by atoms with E-state index in [1.165, 1.54) is 0 Å². The van der Waals surface area contributed by atoms with Crippen LogP contribution < -0.4 is 0 Å². The van der Waals surface area contributed by atoms with E-state index in [2.05, 4.69) is 15.1 Å². The molecule has 0 saturated heterocycles. The summed E-state index contributed by atoms with van der Waals surface area (Å²) < 4.78 is 10.3. The lowest BCUT2D eigenvalue weighted by Gasteiger charge is -2.03. The van der Waals surface area contributed by atoms with Crippen molar-refractivity contribution < 1.29 is 14.1 Å². The molecule has 0 N–H and O–H groups in total. The molecule has 4 rings (SSSR count). The van der Waals surface area contributed by atoms with Crippen LogP contribution in [0.1, 0.15) is 16.2 Å². The lowest BCUT2D eigenvalue weighted by Crippen LogP contribution is -2.05. The predicted octanol–water partition coefficient (Wildman–Crippen LogP) is 4.36. The van der Waals surface area contributed by atoms with Crippen LogP contribution in [0.3, 0.4) is 0 Å². The van der Waals surface area contributed by atoms with Gasteiger partial charge >= 0.3 is 5.97 Å². The molecule has 0 fully saturated rings. The highest BCUT2D eigenvalue weighted by Crippen LogP contribution is 2.20. The summed E-state index contributed by atoms with van der Waals surface area (Å²) in [5.74, 6) is 0.233. The van der Waals surface area contributed by atoms with Crippen molar-refractivity contribution in [2.45, 2.75) is 6.61 Å². The van der Waals surface area contributed by atoms with Crippen LogP contribution in [0.5, 0.6) is 0 Å². The number of carbonyl (C=O) groups is 1. The number of hydrogen-bond donors (Lipinski definition) is 0. The fourth-order valence-corrected chi connectivity index (χ4v) is 3.05. The van der Waals surface area contributed by atoms with Crippen LogP contribution in [0.25, 0.3) is 22.3 Å². The van der Waals surface area contributed by atoms with E-state index in [1.54, 1.807) is 41.7 Å². The molecule has 0 aliphatic heterocycles. The predicted molar refractivity (Wildman–Crippen MR) is 93.5 cm³/mol. The summed E-state index contributed by atoms with van der Waals surface area (Å²) in [7, 11) is 0. The summed E-state index contributed by atoms with van der Waals surface area (Å²) >= 11 is 7.39. The van der Waals surface area contributed by atoms with Crippen molar-refractivity contribution in [2.24, 2.45) is 0 Å². The number of nitrogens with zero attached hydrogens (tertiary/aromatic N) is 3. The summed E-state index contributed by atoms with van der Waals surface area (Å²) in [4.78, 5) is 20.6. The van der Waals surface area contributed by atoms with Crippen LogP contribution in [0.2, 0.25) is 5.15 Å². The maximum absolute atomic E-state index is 12.2. The number of thiophene rings is 1. The molecule has 0 saturated carbocycles. The molecule has 0 amide bonds. The van der Waals surface area contributed by atoms with E-state index in [1.807, 2.05) is 16.8 Å². The lowest BCUT2D eigenvalue weighted by atomic mass is 10.1.